The van der Waals surface area contributed by atoms with Crippen molar-refractivity contribution in [1.29, 1.82) is 0 Å². The predicted molar refractivity (Wildman–Crippen MR) is 67.2 cm³/mol. The van der Waals surface area contributed by atoms with E-state index < -0.39 is 0 Å². The summed E-state index contributed by atoms with van der Waals surface area (Å²) in [7, 11) is 0. The van der Waals surface area contributed by atoms with E-state index in [0.29, 0.717) is 6.04 Å². The zero-order valence-corrected chi connectivity index (χ0v) is 11.0. The molecule has 1 aromatic rings. The van der Waals surface area contributed by atoms with Crippen LogP contribution in [-0.4, -0.2) is 41.1 Å². The minimum absolute atomic E-state index is 0.369. The van der Waals surface area contributed by atoms with Gasteiger partial charge in [0.2, 0.25) is 0 Å². The smallest absolute Gasteiger partial charge is 0.132 e. The first-order valence-corrected chi connectivity index (χ1v) is 6.68. The van der Waals surface area contributed by atoms with Crippen LogP contribution in [0.1, 0.15) is 12.6 Å². The fourth-order valence-corrected chi connectivity index (χ4v) is 2.36. The Balaban J connectivity index is 2.20. The fourth-order valence-electron chi connectivity index (χ4n) is 1.82. The maximum Gasteiger partial charge on any atom is 0.132 e. The van der Waals surface area contributed by atoms with E-state index in [9.17, 15) is 0 Å². The minimum Gasteiger partial charge on any atom is -0.377 e. The van der Waals surface area contributed by atoms with Crippen LogP contribution < -0.4 is 4.90 Å². The van der Waals surface area contributed by atoms with Crippen molar-refractivity contribution in [3.8, 4) is 0 Å². The first-order valence-electron chi connectivity index (χ1n) is 5.56. The van der Waals surface area contributed by atoms with Crippen molar-refractivity contribution in [2.45, 2.75) is 19.4 Å². The van der Waals surface area contributed by atoms with Gasteiger partial charge < -0.3 is 9.64 Å². The lowest BCUT2D eigenvalue weighted by Gasteiger charge is -2.35. The lowest BCUT2D eigenvalue weighted by atomic mass is 10.2. The first-order chi connectivity index (χ1) is 7.85. The Hall–Kier alpha value is -0.680. The van der Waals surface area contributed by atoms with Crippen LogP contribution in [-0.2, 0) is 11.2 Å². The van der Waals surface area contributed by atoms with Gasteiger partial charge in [0.1, 0.15) is 12.1 Å². The minimum atomic E-state index is 0.369. The predicted octanol–water partition coefficient (Wildman–Crippen LogP) is 1.64. The van der Waals surface area contributed by atoms with Crippen LogP contribution in [0.15, 0.2) is 12.4 Å². The molecule has 5 heteroatoms. The normalized spacial score (nSPS) is 21.1. The number of halogens is 1. The molecule has 1 aliphatic heterocycles. The molecular formula is C11H16BrN3O. The molecule has 2 heterocycles. The monoisotopic (exact) mass is 285 g/mol. The highest BCUT2D eigenvalue weighted by Gasteiger charge is 2.23. The highest BCUT2D eigenvalue weighted by Crippen LogP contribution is 2.18. The number of ether oxygens (including phenoxy) is 1. The molecule has 16 heavy (non-hydrogen) atoms. The third-order valence-corrected chi connectivity index (χ3v) is 3.52. The highest BCUT2D eigenvalue weighted by atomic mass is 79.9. The zero-order valence-electron chi connectivity index (χ0n) is 9.40. The Kier molecular flexibility index (Phi) is 4.12. The van der Waals surface area contributed by atoms with Crippen molar-refractivity contribution in [3.05, 3.63) is 18.1 Å². The van der Waals surface area contributed by atoms with Gasteiger partial charge in [0, 0.05) is 23.6 Å². The summed E-state index contributed by atoms with van der Waals surface area (Å²) in [6.45, 7) is 4.54. The average Bonchev–Trinajstić information content (AvgIpc) is 2.38. The third-order valence-electron chi connectivity index (χ3n) is 2.77. The van der Waals surface area contributed by atoms with Gasteiger partial charge in [0.15, 0.2) is 0 Å². The van der Waals surface area contributed by atoms with Crippen molar-refractivity contribution in [1.82, 2.24) is 9.97 Å². The summed E-state index contributed by atoms with van der Waals surface area (Å²) in [6, 6.07) is 2.44. The standard InChI is InChI=1S/C11H16BrN3O/c1-2-9-5-11(14-8-13-9)15-3-4-16-7-10(15)6-12/h5,8,10H,2-4,6-7H2,1H3. The summed E-state index contributed by atoms with van der Waals surface area (Å²) in [4.78, 5) is 10.9. The molecule has 1 fully saturated rings. The van der Waals surface area contributed by atoms with Crippen molar-refractivity contribution in [3.63, 3.8) is 0 Å². The Labute approximate surface area is 104 Å². The molecule has 1 saturated heterocycles. The number of morpholine rings is 1. The van der Waals surface area contributed by atoms with E-state index in [1.807, 2.05) is 0 Å². The Morgan fingerprint density at radius 2 is 2.44 bits per heavy atom. The highest BCUT2D eigenvalue weighted by molar-refractivity contribution is 9.09. The molecular weight excluding hydrogens is 270 g/mol. The lowest BCUT2D eigenvalue weighted by Crippen LogP contribution is -2.47. The van der Waals surface area contributed by atoms with Crippen LogP contribution in [0.4, 0.5) is 5.82 Å². The summed E-state index contributed by atoms with van der Waals surface area (Å²) in [5.74, 6) is 1.01. The number of anilines is 1. The molecule has 0 aromatic carbocycles. The van der Waals surface area contributed by atoms with Crippen LogP contribution >= 0.6 is 15.9 Å². The van der Waals surface area contributed by atoms with Crippen LogP contribution in [0.5, 0.6) is 0 Å². The van der Waals surface area contributed by atoms with E-state index >= 15 is 0 Å². The number of aryl methyl sites for hydroxylation is 1. The van der Waals surface area contributed by atoms with Crippen LogP contribution in [0.25, 0.3) is 0 Å². The van der Waals surface area contributed by atoms with Gasteiger partial charge in [0.25, 0.3) is 0 Å². The maximum absolute atomic E-state index is 5.47. The number of alkyl halides is 1. The number of hydrogen-bond acceptors (Lipinski definition) is 4. The molecule has 88 valence electrons. The topological polar surface area (TPSA) is 38.2 Å². The van der Waals surface area contributed by atoms with Crippen molar-refractivity contribution in [2.24, 2.45) is 0 Å². The number of hydrogen-bond donors (Lipinski definition) is 0. The number of nitrogens with zero attached hydrogens (tertiary/aromatic N) is 3. The summed E-state index contributed by atoms with van der Waals surface area (Å²) >= 11 is 3.52. The van der Waals surface area contributed by atoms with Crippen molar-refractivity contribution < 1.29 is 4.74 Å². The van der Waals surface area contributed by atoms with Gasteiger partial charge in [-0.2, -0.15) is 0 Å². The van der Waals surface area contributed by atoms with E-state index in [4.69, 9.17) is 4.74 Å². The van der Waals surface area contributed by atoms with Crippen molar-refractivity contribution >= 4 is 21.7 Å². The van der Waals surface area contributed by atoms with Gasteiger partial charge >= 0.3 is 0 Å². The van der Waals surface area contributed by atoms with Gasteiger partial charge in [-0.25, -0.2) is 9.97 Å². The van der Waals surface area contributed by atoms with Gasteiger partial charge in [-0.3, -0.25) is 0 Å². The second-order valence-corrected chi connectivity index (χ2v) is 4.45. The van der Waals surface area contributed by atoms with E-state index in [-0.39, 0.29) is 0 Å². The van der Waals surface area contributed by atoms with Crippen LogP contribution in [0, 0.1) is 0 Å². The van der Waals surface area contributed by atoms with Gasteiger partial charge in [-0.15, -0.1) is 0 Å². The van der Waals surface area contributed by atoms with E-state index in [1.165, 1.54) is 0 Å². The van der Waals surface area contributed by atoms with Crippen molar-refractivity contribution in [2.75, 3.05) is 30.0 Å². The molecule has 1 unspecified atom stereocenters. The van der Waals surface area contributed by atoms with Crippen LogP contribution in [0.2, 0.25) is 0 Å². The molecule has 1 aromatic heterocycles. The quantitative estimate of drug-likeness (QED) is 0.792. The van der Waals surface area contributed by atoms with E-state index in [0.717, 1.165) is 43.0 Å². The van der Waals surface area contributed by atoms with Gasteiger partial charge in [0.05, 0.1) is 19.3 Å². The number of aromatic nitrogens is 2. The summed E-state index contributed by atoms with van der Waals surface area (Å²) in [6.07, 6.45) is 2.59. The molecule has 0 saturated carbocycles. The fraction of sp³-hybridized carbons (Fsp3) is 0.636. The Morgan fingerprint density at radius 1 is 1.56 bits per heavy atom. The molecule has 0 aliphatic carbocycles. The third kappa shape index (κ3) is 2.52. The lowest BCUT2D eigenvalue weighted by molar-refractivity contribution is 0.1000. The van der Waals surface area contributed by atoms with Gasteiger partial charge in [-0.05, 0) is 6.42 Å². The first kappa shape index (κ1) is 11.8. The summed E-state index contributed by atoms with van der Waals surface area (Å²) in [5, 5.41) is 0.901. The molecule has 2 rings (SSSR count). The SMILES string of the molecule is CCc1cc(N2CCOCC2CBr)ncn1. The Morgan fingerprint density at radius 3 is 3.19 bits per heavy atom. The van der Waals surface area contributed by atoms with E-state index in [2.05, 4.69) is 43.8 Å². The Bertz CT molecular complexity index is 348. The second kappa shape index (κ2) is 5.59. The zero-order chi connectivity index (χ0) is 11.4. The van der Waals surface area contributed by atoms with E-state index in [1.54, 1.807) is 6.33 Å². The summed E-state index contributed by atoms with van der Waals surface area (Å²) < 4.78 is 5.47. The number of rotatable bonds is 3. The molecule has 1 atom stereocenters. The van der Waals surface area contributed by atoms with Gasteiger partial charge in [-0.1, -0.05) is 22.9 Å². The second-order valence-electron chi connectivity index (χ2n) is 3.80. The molecule has 0 amide bonds. The molecule has 1 aliphatic rings. The molecule has 0 bridgehead atoms. The summed E-state index contributed by atoms with van der Waals surface area (Å²) in [5.41, 5.74) is 1.09. The largest absolute Gasteiger partial charge is 0.377 e. The molecule has 0 radical (unpaired) electrons. The van der Waals surface area contributed by atoms with Crippen LogP contribution in [0.3, 0.4) is 0 Å². The maximum atomic E-state index is 5.47. The molecule has 0 N–H and O–H groups in total. The molecule has 4 nitrogen and oxygen atoms in total. The molecule has 0 spiro atoms. The average molecular weight is 286 g/mol.